The Kier molecular flexibility index (Phi) is 4.59. The molecule has 0 saturated heterocycles. The molecular formula is C18H14F4N2O2S. The van der Waals surface area contributed by atoms with Crippen LogP contribution in [0.3, 0.4) is 0 Å². The van der Waals surface area contributed by atoms with E-state index in [4.69, 9.17) is 0 Å². The van der Waals surface area contributed by atoms with E-state index in [0.717, 1.165) is 12.3 Å². The molecule has 9 heteroatoms. The van der Waals surface area contributed by atoms with Crippen LogP contribution in [0.25, 0.3) is 22.4 Å². The van der Waals surface area contributed by atoms with Crippen LogP contribution in [0.1, 0.15) is 11.3 Å². The molecule has 0 aliphatic carbocycles. The van der Waals surface area contributed by atoms with Gasteiger partial charge in [-0.25, -0.2) is 12.8 Å². The van der Waals surface area contributed by atoms with E-state index >= 15 is 0 Å². The number of nitrogens with zero attached hydrogens (tertiary/aromatic N) is 1. The third-order valence-electron chi connectivity index (χ3n) is 4.07. The summed E-state index contributed by atoms with van der Waals surface area (Å²) in [6.07, 6.45) is -3.70. The summed E-state index contributed by atoms with van der Waals surface area (Å²) in [5.41, 5.74) is -0.867. The lowest BCUT2D eigenvalue weighted by Crippen LogP contribution is -2.07. The third-order valence-corrected chi connectivity index (χ3v) is 5.19. The maximum atomic E-state index is 13.9. The summed E-state index contributed by atoms with van der Waals surface area (Å²) in [5, 5.41) is 5.73. The molecule has 142 valence electrons. The van der Waals surface area contributed by atoms with Crippen LogP contribution in [0.15, 0.2) is 47.4 Å². The second kappa shape index (κ2) is 6.49. The number of nitrogens with one attached hydrogen (secondary N) is 1. The third kappa shape index (κ3) is 3.73. The molecule has 0 radical (unpaired) electrons. The number of aromatic amines is 1. The Morgan fingerprint density at radius 2 is 1.59 bits per heavy atom. The van der Waals surface area contributed by atoms with Gasteiger partial charge in [0.05, 0.1) is 4.90 Å². The zero-order chi connectivity index (χ0) is 20.0. The summed E-state index contributed by atoms with van der Waals surface area (Å²) in [7, 11) is -3.45. The monoisotopic (exact) mass is 398 g/mol. The van der Waals surface area contributed by atoms with Gasteiger partial charge in [-0.05, 0) is 36.2 Å². The largest absolute Gasteiger partial charge is 0.433 e. The molecule has 2 aromatic carbocycles. The van der Waals surface area contributed by atoms with Gasteiger partial charge in [-0.15, -0.1) is 0 Å². The minimum absolute atomic E-state index is 0.0152. The van der Waals surface area contributed by atoms with Crippen LogP contribution in [0.2, 0.25) is 0 Å². The molecule has 0 saturated carbocycles. The van der Waals surface area contributed by atoms with Crippen LogP contribution in [0.4, 0.5) is 17.6 Å². The molecular weight excluding hydrogens is 384 g/mol. The molecule has 27 heavy (non-hydrogen) atoms. The number of benzene rings is 2. The minimum atomic E-state index is -4.73. The van der Waals surface area contributed by atoms with Gasteiger partial charge in [-0.2, -0.15) is 18.3 Å². The molecule has 0 amide bonds. The minimum Gasteiger partial charge on any atom is -0.272 e. The van der Waals surface area contributed by atoms with Gasteiger partial charge >= 0.3 is 6.18 Å². The summed E-state index contributed by atoms with van der Waals surface area (Å²) < 4.78 is 77.3. The summed E-state index contributed by atoms with van der Waals surface area (Å²) in [4.78, 5) is 0.0285. The van der Waals surface area contributed by atoms with Crippen LogP contribution in [-0.2, 0) is 16.0 Å². The molecule has 0 aliphatic rings. The highest BCUT2D eigenvalue weighted by Gasteiger charge is 2.38. The Morgan fingerprint density at radius 1 is 1.00 bits per heavy atom. The van der Waals surface area contributed by atoms with Crippen molar-refractivity contribution in [2.45, 2.75) is 18.0 Å². The summed E-state index contributed by atoms with van der Waals surface area (Å²) in [6.45, 7) is 1.50. The molecule has 1 N–H and O–H groups in total. The molecule has 0 unspecified atom stereocenters. The summed E-state index contributed by atoms with van der Waals surface area (Å²) in [5.74, 6) is -0.639. The second-order valence-corrected chi connectivity index (χ2v) is 8.10. The molecule has 4 nitrogen and oxygen atoms in total. The highest BCUT2D eigenvalue weighted by atomic mass is 32.2. The Balaban J connectivity index is 2.22. The molecule has 0 fully saturated rings. The maximum Gasteiger partial charge on any atom is 0.433 e. The Morgan fingerprint density at radius 3 is 2.11 bits per heavy atom. The first-order chi connectivity index (χ1) is 12.5. The highest BCUT2D eigenvalue weighted by molar-refractivity contribution is 7.90. The predicted octanol–water partition coefficient (Wildman–Crippen LogP) is 4.61. The molecule has 1 heterocycles. The van der Waals surface area contributed by atoms with Gasteiger partial charge in [0, 0.05) is 17.4 Å². The van der Waals surface area contributed by atoms with Crippen molar-refractivity contribution in [1.82, 2.24) is 10.2 Å². The van der Waals surface area contributed by atoms with Crippen molar-refractivity contribution >= 4 is 9.84 Å². The van der Waals surface area contributed by atoms with Crippen LogP contribution in [0, 0.1) is 12.7 Å². The van der Waals surface area contributed by atoms with Gasteiger partial charge in [-0.3, -0.25) is 5.10 Å². The Bertz CT molecular complexity index is 1100. The molecule has 3 aromatic rings. The lowest BCUT2D eigenvalue weighted by molar-refractivity contribution is -0.140. The molecule has 0 aliphatic heterocycles. The van der Waals surface area contributed by atoms with E-state index in [2.05, 4.69) is 5.10 Å². The van der Waals surface area contributed by atoms with E-state index in [1.54, 1.807) is 0 Å². The van der Waals surface area contributed by atoms with Crippen molar-refractivity contribution in [2.24, 2.45) is 0 Å². The van der Waals surface area contributed by atoms with Crippen molar-refractivity contribution in [3.05, 3.63) is 59.5 Å². The van der Waals surface area contributed by atoms with E-state index in [-0.39, 0.29) is 27.3 Å². The van der Waals surface area contributed by atoms with E-state index in [0.29, 0.717) is 5.56 Å². The molecule has 0 bridgehead atoms. The second-order valence-electron chi connectivity index (χ2n) is 6.08. The van der Waals surface area contributed by atoms with E-state index in [1.165, 1.54) is 43.3 Å². The quantitative estimate of drug-likeness (QED) is 0.655. The number of hydrogen-bond donors (Lipinski definition) is 1. The predicted molar refractivity (Wildman–Crippen MR) is 92.3 cm³/mol. The van der Waals surface area contributed by atoms with Crippen molar-refractivity contribution < 1.29 is 26.0 Å². The van der Waals surface area contributed by atoms with E-state index in [1.807, 2.05) is 5.10 Å². The Labute approximate surface area is 152 Å². The number of alkyl halides is 3. The Hall–Kier alpha value is -2.68. The summed E-state index contributed by atoms with van der Waals surface area (Å²) in [6, 6.07) is 9.07. The number of rotatable bonds is 3. The number of sulfone groups is 1. The number of halogens is 4. The van der Waals surface area contributed by atoms with Gasteiger partial charge in [0.2, 0.25) is 0 Å². The zero-order valence-electron chi connectivity index (χ0n) is 14.2. The number of aromatic nitrogens is 2. The molecule has 3 rings (SSSR count). The van der Waals surface area contributed by atoms with Gasteiger partial charge in [0.15, 0.2) is 9.84 Å². The fourth-order valence-corrected chi connectivity index (χ4v) is 3.28. The van der Waals surface area contributed by atoms with E-state index < -0.39 is 27.5 Å². The van der Waals surface area contributed by atoms with Gasteiger partial charge in [0.1, 0.15) is 17.2 Å². The smallest absolute Gasteiger partial charge is 0.272 e. The van der Waals surface area contributed by atoms with Crippen molar-refractivity contribution in [3.63, 3.8) is 0 Å². The number of hydrogen-bond acceptors (Lipinski definition) is 3. The molecule has 0 spiro atoms. The fraction of sp³-hybridized carbons (Fsp3) is 0.167. The highest BCUT2D eigenvalue weighted by Crippen LogP contribution is 2.41. The molecule has 0 atom stereocenters. The lowest BCUT2D eigenvalue weighted by Gasteiger charge is -2.10. The summed E-state index contributed by atoms with van der Waals surface area (Å²) >= 11 is 0. The number of H-pyrrole nitrogens is 1. The first-order valence-electron chi connectivity index (χ1n) is 7.71. The molecule has 1 aromatic heterocycles. The average Bonchev–Trinajstić information content (AvgIpc) is 3.02. The normalized spacial score (nSPS) is 12.4. The van der Waals surface area contributed by atoms with Crippen LogP contribution < -0.4 is 0 Å². The van der Waals surface area contributed by atoms with Gasteiger partial charge < -0.3 is 0 Å². The van der Waals surface area contributed by atoms with Gasteiger partial charge in [-0.1, -0.05) is 24.3 Å². The van der Waals surface area contributed by atoms with Crippen molar-refractivity contribution in [2.75, 3.05) is 6.26 Å². The van der Waals surface area contributed by atoms with Crippen molar-refractivity contribution in [1.29, 1.82) is 0 Å². The van der Waals surface area contributed by atoms with Crippen LogP contribution in [0.5, 0.6) is 0 Å². The van der Waals surface area contributed by atoms with Crippen LogP contribution >= 0.6 is 0 Å². The average molecular weight is 398 g/mol. The zero-order valence-corrected chi connectivity index (χ0v) is 15.0. The fourth-order valence-electron chi connectivity index (χ4n) is 2.65. The van der Waals surface area contributed by atoms with E-state index in [9.17, 15) is 26.0 Å². The standard InChI is InChI=1S/C18H14F4N2O2S/c1-10-3-4-12(9-14(10)19)15-16(23-24-17(15)18(20,21)22)11-5-7-13(8-6-11)27(2,25)26/h3-9H,1-2H3,(H,23,24). The number of aryl methyl sites for hydroxylation is 1. The first-order valence-corrected chi connectivity index (χ1v) is 9.60. The lowest BCUT2D eigenvalue weighted by atomic mass is 9.97. The maximum absolute atomic E-state index is 13.9. The first kappa shape index (κ1) is 19.1. The van der Waals surface area contributed by atoms with Crippen molar-refractivity contribution in [3.8, 4) is 22.4 Å². The topological polar surface area (TPSA) is 62.8 Å². The SMILES string of the molecule is Cc1ccc(-c2c(-c3ccc(S(C)(=O)=O)cc3)n[nH]c2C(F)(F)F)cc1F. The van der Waals surface area contributed by atoms with Gasteiger partial charge in [0.25, 0.3) is 0 Å². The van der Waals surface area contributed by atoms with Crippen LogP contribution in [-0.4, -0.2) is 24.9 Å².